The molecule has 0 radical (unpaired) electrons. The fourth-order valence-corrected chi connectivity index (χ4v) is 1.35. The molecule has 6 heteroatoms. The van der Waals surface area contributed by atoms with Gasteiger partial charge in [0.25, 0.3) is 0 Å². The predicted octanol–water partition coefficient (Wildman–Crippen LogP) is 0.744. The highest BCUT2D eigenvalue weighted by molar-refractivity contribution is 5.80. The number of methoxy groups -OCH3 is 1. The zero-order valence-electron chi connectivity index (χ0n) is 9.21. The number of phenolic OH excluding ortho intramolecular Hbond substituents is 1. The standard InChI is InChI=1S/C11H13NO5/c1-17-10(14)9(12-11(15)16)6-7-2-4-8(13)5-3-7/h2-5,9,12-13H,6H2,1H3,(H,15,16)/t9-/m0/s1. The van der Waals surface area contributed by atoms with Crippen molar-refractivity contribution in [3.8, 4) is 5.75 Å². The van der Waals surface area contributed by atoms with Crippen LogP contribution in [0.2, 0.25) is 0 Å². The van der Waals surface area contributed by atoms with Crippen molar-refractivity contribution in [3.63, 3.8) is 0 Å². The van der Waals surface area contributed by atoms with Crippen molar-refractivity contribution in [1.82, 2.24) is 5.32 Å². The minimum Gasteiger partial charge on any atom is -0.508 e. The molecule has 0 saturated carbocycles. The Morgan fingerprint density at radius 1 is 1.35 bits per heavy atom. The molecule has 1 atom stereocenters. The summed E-state index contributed by atoms with van der Waals surface area (Å²) in [5, 5.41) is 19.8. The third kappa shape index (κ3) is 4.02. The van der Waals surface area contributed by atoms with Gasteiger partial charge in [0, 0.05) is 6.42 Å². The second-order valence-corrected chi connectivity index (χ2v) is 3.40. The maximum atomic E-state index is 11.3. The zero-order valence-corrected chi connectivity index (χ0v) is 9.21. The summed E-state index contributed by atoms with van der Waals surface area (Å²) in [4.78, 5) is 21.8. The molecule has 0 unspecified atom stereocenters. The number of rotatable bonds is 4. The van der Waals surface area contributed by atoms with Gasteiger partial charge in [0.15, 0.2) is 0 Å². The molecular formula is C11H13NO5. The van der Waals surface area contributed by atoms with Gasteiger partial charge in [-0.2, -0.15) is 0 Å². The van der Waals surface area contributed by atoms with Crippen LogP contribution in [0.4, 0.5) is 4.79 Å². The van der Waals surface area contributed by atoms with Crippen LogP contribution in [0.5, 0.6) is 5.75 Å². The van der Waals surface area contributed by atoms with Crippen molar-refractivity contribution < 1.29 is 24.5 Å². The lowest BCUT2D eigenvalue weighted by Crippen LogP contribution is -2.42. The van der Waals surface area contributed by atoms with Gasteiger partial charge in [-0.1, -0.05) is 12.1 Å². The van der Waals surface area contributed by atoms with Gasteiger partial charge in [-0.25, -0.2) is 9.59 Å². The molecule has 0 saturated heterocycles. The number of amides is 1. The first kappa shape index (κ1) is 12.8. The lowest BCUT2D eigenvalue weighted by Gasteiger charge is -2.14. The molecule has 0 aliphatic rings. The second-order valence-electron chi connectivity index (χ2n) is 3.40. The van der Waals surface area contributed by atoms with E-state index in [0.29, 0.717) is 5.56 Å². The average molecular weight is 239 g/mol. The molecule has 3 N–H and O–H groups in total. The maximum absolute atomic E-state index is 11.3. The molecule has 1 aromatic carbocycles. The Balaban J connectivity index is 2.75. The molecule has 0 spiro atoms. The number of aromatic hydroxyl groups is 1. The first-order chi connectivity index (χ1) is 8.02. The van der Waals surface area contributed by atoms with E-state index >= 15 is 0 Å². The molecule has 0 heterocycles. The van der Waals surface area contributed by atoms with E-state index in [4.69, 9.17) is 10.2 Å². The van der Waals surface area contributed by atoms with E-state index < -0.39 is 18.1 Å². The van der Waals surface area contributed by atoms with Gasteiger partial charge in [-0.15, -0.1) is 0 Å². The summed E-state index contributed by atoms with van der Waals surface area (Å²) in [6.07, 6.45) is -1.13. The van der Waals surface area contributed by atoms with E-state index in [1.807, 2.05) is 0 Å². The molecule has 0 aliphatic carbocycles. The van der Waals surface area contributed by atoms with Gasteiger partial charge in [-0.3, -0.25) is 0 Å². The lowest BCUT2D eigenvalue weighted by molar-refractivity contribution is -0.142. The summed E-state index contributed by atoms with van der Waals surface area (Å²) < 4.78 is 4.50. The average Bonchev–Trinajstić information content (AvgIpc) is 2.29. The van der Waals surface area contributed by atoms with E-state index in [0.717, 1.165) is 0 Å². The number of esters is 1. The molecule has 92 valence electrons. The Morgan fingerprint density at radius 3 is 2.41 bits per heavy atom. The topological polar surface area (TPSA) is 95.9 Å². The van der Waals surface area contributed by atoms with Crippen molar-refractivity contribution >= 4 is 12.1 Å². The van der Waals surface area contributed by atoms with E-state index in [1.54, 1.807) is 12.1 Å². The highest BCUT2D eigenvalue weighted by Gasteiger charge is 2.21. The van der Waals surface area contributed by atoms with Crippen LogP contribution in [0.1, 0.15) is 5.56 Å². The Morgan fingerprint density at radius 2 is 1.94 bits per heavy atom. The summed E-state index contributed by atoms with van der Waals surface area (Å²) in [7, 11) is 1.19. The Hall–Kier alpha value is -2.24. The van der Waals surface area contributed by atoms with Crippen molar-refractivity contribution in [2.75, 3.05) is 7.11 Å². The van der Waals surface area contributed by atoms with E-state index in [9.17, 15) is 9.59 Å². The van der Waals surface area contributed by atoms with Gasteiger partial charge in [-0.05, 0) is 17.7 Å². The number of hydrogen-bond donors (Lipinski definition) is 3. The molecule has 0 fully saturated rings. The Labute approximate surface area is 97.8 Å². The molecule has 0 bridgehead atoms. The van der Waals surface area contributed by atoms with Crippen LogP contribution in [0.3, 0.4) is 0 Å². The summed E-state index contributed by atoms with van der Waals surface area (Å²) in [5.74, 6) is -0.546. The van der Waals surface area contributed by atoms with Crippen LogP contribution >= 0.6 is 0 Å². The summed E-state index contributed by atoms with van der Waals surface area (Å²) in [6.45, 7) is 0. The fourth-order valence-electron chi connectivity index (χ4n) is 1.35. The van der Waals surface area contributed by atoms with E-state index in [2.05, 4.69) is 10.1 Å². The molecule has 1 rings (SSSR count). The van der Waals surface area contributed by atoms with Crippen molar-refractivity contribution in [3.05, 3.63) is 29.8 Å². The van der Waals surface area contributed by atoms with Gasteiger partial charge in [0.05, 0.1) is 7.11 Å². The highest BCUT2D eigenvalue weighted by atomic mass is 16.5. The fraction of sp³-hybridized carbons (Fsp3) is 0.273. The number of nitrogens with one attached hydrogen (secondary N) is 1. The normalized spacial score (nSPS) is 11.6. The van der Waals surface area contributed by atoms with Crippen LogP contribution in [-0.4, -0.2) is 35.4 Å². The van der Waals surface area contributed by atoms with Crippen LogP contribution in [0.25, 0.3) is 0 Å². The van der Waals surface area contributed by atoms with Gasteiger partial charge < -0.3 is 20.3 Å². The molecule has 1 amide bonds. The molecule has 17 heavy (non-hydrogen) atoms. The Bertz CT molecular complexity index is 401. The van der Waals surface area contributed by atoms with Gasteiger partial charge in [0.2, 0.25) is 0 Å². The molecule has 6 nitrogen and oxygen atoms in total. The SMILES string of the molecule is COC(=O)[C@H](Cc1ccc(O)cc1)NC(=O)O. The van der Waals surface area contributed by atoms with Crippen LogP contribution in [0.15, 0.2) is 24.3 Å². The lowest BCUT2D eigenvalue weighted by atomic mass is 10.1. The van der Waals surface area contributed by atoms with Crippen LogP contribution < -0.4 is 5.32 Å². The van der Waals surface area contributed by atoms with Crippen molar-refractivity contribution in [1.29, 1.82) is 0 Å². The molecular weight excluding hydrogens is 226 g/mol. The number of carboxylic acid groups (broad SMARTS) is 1. The second kappa shape index (κ2) is 5.74. The van der Waals surface area contributed by atoms with Crippen LogP contribution in [-0.2, 0) is 16.0 Å². The predicted molar refractivity (Wildman–Crippen MR) is 58.8 cm³/mol. The van der Waals surface area contributed by atoms with Crippen molar-refractivity contribution in [2.45, 2.75) is 12.5 Å². The monoisotopic (exact) mass is 239 g/mol. The number of hydrogen-bond acceptors (Lipinski definition) is 4. The number of phenols is 1. The quantitative estimate of drug-likeness (QED) is 0.673. The number of carbonyl (C=O) groups is 2. The smallest absolute Gasteiger partial charge is 0.405 e. The minimum atomic E-state index is -1.29. The van der Waals surface area contributed by atoms with E-state index in [-0.39, 0.29) is 12.2 Å². The maximum Gasteiger partial charge on any atom is 0.405 e. The van der Waals surface area contributed by atoms with Gasteiger partial charge in [0.1, 0.15) is 11.8 Å². The van der Waals surface area contributed by atoms with Gasteiger partial charge >= 0.3 is 12.1 Å². The number of ether oxygens (including phenoxy) is 1. The highest BCUT2D eigenvalue weighted by Crippen LogP contribution is 2.11. The Kier molecular flexibility index (Phi) is 4.33. The molecule has 1 aromatic rings. The number of carbonyl (C=O) groups excluding carboxylic acids is 1. The third-order valence-corrected chi connectivity index (χ3v) is 2.16. The van der Waals surface area contributed by atoms with Crippen molar-refractivity contribution in [2.24, 2.45) is 0 Å². The molecule has 0 aromatic heterocycles. The first-order valence-corrected chi connectivity index (χ1v) is 4.88. The minimum absolute atomic E-state index is 0.106. The third-order valence-electron chi connectivity index (χ3n) is 2.16. The van der Waals surface area contributed by atoms with E-state index in [1.165, 1.54) is 19.2 Å². The summed E-state index contributed by atoms with van der Waals surface area (Å²) in [6, 6.07) is 5.18. The first-order valence-electron chi connectivity index (χ1n) is 4.88. The zero-order chi connectivity index (χ0) is 12.8. The summed E-state index contributed by atoms with van der Waals surface area (Å²) >= 11 is 0. The van der Waals surface area contributed by atoms with Crippen LogP contribution in [0, 0.1) is 0 Å². The largest absolute Gasteiger partial charge is 0.508 e. The summed E-state index contributed by atoms with van der Waals surface area (Å²) in [5.41, 5.74) is 0.715. The number of benzene rings is 1. The molecule has 0 aliphatic heterocycles.